The number of hydrogen-bond donors (Lipinski definition) is 1. The highest BCUT2D eigenvalue weighted by Gasteiger charge is 2.62. The first-order valence-electron chi connectivity index (χ1n) is 7.74. The monoisotopic (exact) mass is 274 g/mol. The smallest absolute Gasteiger partial charge is 0.255 e. The molecule has 0 aromatic rings. The number of aliphatic hydroxyl groups is 1. The second kappa shape index (κ2) is 5.05. The van der Waals surface area contributed by atoms with Crippen molar-refractivity contribution >= 4 is 0 Å². The van der Waals surface area contributed by atoms with E-state index in [2.05, 4.69) is 30.5 Å². The minimum Gasteiger partial charge on any atom is -0.382 e. The summed E-state index contributed by atoms with van der Waals surface area (Å²) in [4.78, 5) is 7.75. The molecule has 20 heavy (non-hydrogen) atoms. The molecule has 3 heteroatoms. The van der Waals surface area contributed by atoms with Crippen LogP contribution in [0.1, 0.15) is 53.4 Å². The molecule has 0 aliphatic heterocycles. The number of rotatable bonds is 1. The van der Waals surface area contributed by atoms with E-state index in [-0.39, 0.29) is 23.4 Å². The Hall–Kier alpha value is -1.06. The van der Waals surface area contributed by atoms with Crippen molar-refractivity contribution in [3.05, 3.63) is 22.8 Å². The Balaban J connectivity index is 2.45. The first kappa shape index (κ1) is 15.3. The minimum absolute atomic E-state index is 0.170. The molecule has 3 nitrogen and oxygen atoms in total. The van der Waals surface area contributed by atoms with Gasteiger partial charge in [0.05, 0.1) is 5.92 Å². The highest BCUT2D eigenvalue weighted by atomic mass is 16.3. The Morgan fingerprint density at radius 3 is 2.30 bits per heavy atom. The molecule has 0 radical (unpaired) electrons. The summed E-state index contributed by atoms with van der Waals surface area (Å²) in [6.07, 6.45) is 3.48. The van der Waals surface area contributed by atoms with Gasteiger partial charge in [-0.1, -0.05) is 13.8 Å². The molecule has 0 aromatic heterocycles. The van der Waals surface area contributed by atoms with Crippen molar-refractivity contribution in [1.82, 2.24) is 0 Å². The molecule has 2 fully saturated rings. The van der Waals surface area contributed by atoms with Crippen molar-refractivity contribution in [1.29, 1.82) is 0 Å². The molecule has 0 saturated heterocycles. The third-order valence-electron chi connectivity index (χ3n) is 5.96. The SMILES string of the molecule is [C-]#[N+][C@@H]1[C@@H]2[C@@H](C(C)C)CC[C@](C)([N+]#[C-])[C@H]2CC[C@@]1(C)O. The van der Waals surface area contributed by atoms with Gasteiger partial charge in [-0.25, -0.2) is 13.1 Å². The number of nitrogens with zero attached hydrogens (tertiary/aromatic N) is 2. The lowest BCUT2D eigenvalue weighted by molar-refractivity contribution is -0.0775. The molecule has 0 bridgehead atoms. The fourth-order valence-electron chi connectivity index (χ4n) is 4.66. The second-order valence-corrected chi connectivity index (χ2v) is 7.57. The maximum Gasteiger partial charge on any atom is 0.255 e. The van der Waals surface area contributed by atoms with Crippen LogP contribution in [0.3, 0.4) is 0 Å². The Morgan fingerprint density at radius 1 is 1.15 bits per heavy atom. The van der Waals surface area contributed by atoms with Gasteiger partial charge in [0.2, 0.25) is 5.54 Å². The summed E-state index contributed by atoms with van der Waals surface area (Å²) in [5, 5.41) is 10.6. The normalized spacial score (nSPS) is 48.2. The molecule has 0 heterocycles. The first-order valence-corrected chi connectivity index (χ1v) is 7.74. The molecule has 2 aliphatic carbocycles. The molecular weight excluding hydrogens is 248 g/mol. The van der Waals surface area contributed by atoms with E-state index < -0.39 is 5.60 Å². The van der Waals surface area contributed by atoms with E-state index in [4.69, 9.17) is 13.1 Å². The number of hydrogen-bond acceptors (Lipinski definition) is 1. The summed E-state index contributed by atoms with van der Waals surface area (Å²) in [5.41, 5.74) is -1.23. The molecule has 2 rings (SSSR count). The molecule has 110 valence electrons. The molecule has 0 spiro atoms. The molecular formula is C17H26N2O. The standard InChI is InChI=1S/C17H26N2O/c1-11(2)12-7-9-16(3,19-6)13-8-10-17(4,20)15(18-5)14(12)13/h11-15,20H,7-10H2,1-4H3/t12-,13+,14-,15-,16+,17-/m1/s1. The average Bonchev–Trinajstić information content (AvgIpc) is 2.37. The summed E-state index contributed by atoms with van der Waals surface area (Å²) in [7, 11) is 0. The van der Waals surface area contributed by atoms with E-state index in [0.29, 0.717) is 18.3 Å². The number of fused-ring (bicyclic) bond motifs is 1. The van der Waals surface area contributed by atoms with Gasteiger partial charge in [-0.2, -0.15) is 0 Å². The van der Waals surface area contributed by atoms with Gasteiger partial charge in [0.25, 0.3) is 6.04 Å². The van der Waals surface area contributed by atoms with Crippen LogP contribution in [0.25, 0.3) is 9.69 Å². The fourth-order valence-corrected chi connectivity index (χ4v) is 4.66. The zero-order valence-electron chi connectivity index (χ0n) is 13.1. The van der Waals surface area contributed by atoms with Gasteiger partial charge in [0, 0.05) is 19.3 Å². The van der Waals surface area contributed by atoms with Crippen LogP contribution in [0.4, 0.5) is 0 Å². The van der Waals surface area contributed by atoms with Gasteiger partial charge < -0.3 is 14.8 Å². The Bertz CT molecular complexity index is 457. The van der Waals surface area contributed by atoms with E-state index in [1.165, 1.54) is 0 Å². The first-order chi connectivity index (χ1) is 9.27. The average molecular weight is 274 g/mol. The fraction of sp³-hybridized carbons (Fsp3) is 0.882. The highest BCUT2D eigenvalue weighted by molar-refractivity contribution is 5.16. The summed E-state index contributed by atoms with van der Waals surface area (Å²) >= 11 is 0. The van der Waals surface area contributed by atoms with Crippen LogP contribution in [0.5, 0.6) is 0 Å². The Kier molecular flexibility index (Phi) is 3.87. The van der Waals surface area contributed by atoms with Crippen LogP contribution in [0.2, 0.25) is 0 Å². The maximum atomic E-state index is 10.6. The van der Waals surface area contributed by atoms with E-state index in [1.54, 1.807) is 0 Å². The van der Waals surface area contributed by atoms with Gasteiger partial charge in [-0.3, -0.25) is 0 Å². The quantitative estimate of drug-likeness (QED) is 0.724. The molecule has 1 N–H and O–H groups in total. The van der Waals surface area contributed by atoms with Crippen LogP contribution < -0.4 is 0 Å². The van der Waals surface area contributed by atoms with E-state index in [0.717, 1.165) is 19.3 Å². The lowest BCUT2D eigenvalue weighted by atomic mass is 9.52. The van der Waals surface area contributed by atoms with Crippen LogP contribution in [-0.4, -0.2) is 22.3 Å². The Morgan fingerprint density at radius 2 is 1.80 bits per heavy atom. The highest BCUT2D eigenvalue weighted by Crippen LogP contribution is 2.55. The van der Waals surface area contributed by atoms with Crippen LogP contribution >= 0.6 is 0 Å². The van der Waals surface area contributed by atoms with Crippen LogP contribution in [0.15, 0.2) is 0 Å². The minimum atomic E-state index is -0.893. The van der Waals surface area contributed by atoms with Crippen molar-refractivity contribution < 1.29 is 5.11 Å². The van der Waals surface area contributed by atoms with Gasteiger partial charge in [0.15, 0.2) is 0 Å². The molecule has 0 unspecified atom stereocenters. The van der Waals surface area contributed by atoms with E-state index >= 15 is 0 Å². The van der Waals surface area contributed by atoms with Crippen molar-refractivity contribution in [2.45, 2.75) is 70.6 Å². The van der Waals surface area contributed by atoms with Gasteiger partial charge >= 0.3 is 0 Å². The molecule has 0 aromatic carbocycles. The molecule has 2 aliphatic rings. The van der Waals surface area contributed by atoms with Crippen molar-refractivity contribution in [3.8, 4) is 0 Å². The van der Waals surface area contributed by atoms with Crippen molar-refractivity contribution in [2.24, 2.45) is 23.7 Å². The topological polar surface area (TPSA) is 29.0 Å². The molecule has 0 amide bonds. The molecule has 2 saturated carbocycles. The predicted molar refractivity (Wildman–Crippen MR) is 79.8 cm³/mol. The summed E-state index contributed by atoms with van der Waals surface area (Å²) in [6, 6.07) is -0.352. The zero-order chi connectivity index (χ0) is 15.1. The van der Waals surface area contributed by atoms with Gasteiger partial charge in [0.1, 0.15) is 5.60 Å². The predicted octanol–water partition coefficient (Wildman–Crippen LogP) is 3.80. The molecule has 6 atom stereocenters. The van der Waals surface area contributed by atoms with Crippen LogP contribution in [0, 0.1) is 36.8 Å². The lowest BCUT2D eigenvalue weighted by Gasteiger charge is -2.50. The van der Waals surface area contributed by atoms with Crippen molar-refractivity contribution in [2.75, 3.05) is 0 Å². The lowest BCUT2D eigenvalue weighted by Crippen LogP contribution is -2.58. The summed E-state index contributed by atoms with van der Waals surface area (Å²) in [5.74, 6) is 1.40. The third kappa shape index (κ3) is 2.23. The maximum absolute atomic E-state index is 10.6. The summed E-state index contributed by atoms with van der Waals surface area (Å²) in [6.45, 7) is 23.5. The third-order valence-corrected chi connectivity index (χ3v) is 5.96. The Labute approximate surface area is 123 Å². The van der Waals surface area contributed by atoms with Gasteiger partial charge in [-0.05, 0) is 38.0 Å². The second-order valence-electron chi connectivity index (χ2n) is 7.57. The van der Waals surface area contributed by atoms with E-state index in [9.17, 15) is 5.11 Å². The van der Waals surface area contributed by atoms with Crippen molar-refractivity contribution in [3.63, 3.8) is 0 Å². The van der Waals surface area contributed by atoms with E-state index in [1.807, 2.05) is 6.92 Å². The zero-order valence-corrected chi connectivity index (χ0v) is 13.1. The largest absolute Gasteiger partial charge is 0.382 e. The summed E-state index contributed by atoms with van der Waals surface area (Å²) < 4.78 is 0. The van der Waals surface area contributed by atoms with Crippen LogP contribution in [-0.2, 0) is 0 Å². The van der Waals surface area contributed by atoms with Gasteiger partial charge in [-0.15, -0.1) is 0 Å².